The van der Waals surface area contributed by atoms with Gasteiger partial charge in [0.15, 0.2) is 0 Å². The number of fused-ring (bicyclic) bond motifs is 1. The van der Waals surface area contributed by atoms with Crippen LogP contribution in [0.5, 0.6) is 5.75 Å². The summed E-state index contributed by atoms with van der Waals surface area (Å²) in [6.07, 6.45) is 1.76. The molecule has 3 rings (SSSR count). The van der Waals surface area contributed by atoms with Gasteiger partial charge in [0.2, 0.25) is 0 Å². The Morgan fingerprint density at radius 3 is 2.95 bits per heavy atom. The van der Waals surface area contributed by atoms with Crippen LogP contribution in [0.25, 0.3) is 0 Å². The van der Waals surface area contributed by atoms with Gasteiger partial charge in [0, 0.05) is 17.7 Å². The molecule has 19 heavy (non-hydrogen) atoms. The van der Waals surface area contributed by atoms with E-state index in [1.807, 2.05) is 30.3 Å². The summed E-state index contributed by atoms with van der Waals surface area (Å²) in [6.45, 7) is 0.493. The zero-order valence-electron chi connectivity index (χ0n) is 10.5. The molecule has 1 aromatic carbocycles. The Hall–Kier alpha value is -2.07. The summed E-state index contributed by atoms with van der Waals surface area (Å²) >= 11 is 0. The van der Waals surface area contributed by atoms with Crippen molar-refractivity contribution in [2.75, 3.05) is 12.3 Å². The first-order valence-corrected chi connectivity index (χ1v) is 6.35. The minimum Gasteiger partial charge on any atom is -0.493 e. The highest BCUT2D eigenvalue weighted by Crippen LogP contribution is 2.34. The van der Waals surface area contributed by atoms with Gasteiger partial charge in [0.1, 0.15) is 11.6 Å². The molecule has 2 heterocycles. The molecule has 1 aliphatic heterocycles. The third kappa shape index (κ3) is 2.27. The van der Waals surface area contributed by atoms with Crippen molar-refractivity contribution in [2.45, 2.75) is 12.5 Å². The Balaban J connectivity index is 1.83. The number of nitrogens with two attached hydrogens (primary N) is 1. The van der Waals surface area contributed by atoms with Crippen LogP contribution in [-0.2, 0) is 6.42 Å². The SMILES string of the molecule is Nc1ncccc1C(O)C1COc2ccccc2C1. The van der Waals surface area contributed by atoms with E-state index in [9.17, 15) is 5.11 Å². The molecule has 4 nitrogen and oxygen atoms in total. The molecule has 0 radical (unpaired) electrons. The Morgan fingerprint density at radius 2 is 2.11 bits per heavy atom. The van der Waals surface area contributed by atoms with Crippen molar-refractivity contribution < 1.29 is 9.84 Å². The van der Waals surface area contributed by atoms with Crippen LogP contribution in [0.1, 0.15) is 17.2 Å². The standard InChI is InChI=1S/C15H16N2O2/c16-15-12(5-3-7-17-15)14(18)11-8-10-4-1-2-6-13(10)19-9-11/h1-7,11,14,18H,8-9H2,(H2,16,17). The summed E-state index contributed by atoms with van der Waals surface area (Å²) in [4.78, 5) is 4.02. The summed E-state index contributed by atoms with van der Waals surface area (Å²) in [6, 6.07) is 11.5. The molecule has 0 spiro atoms. The molecule has 0 fully saturated rings. The van der Waals surface area contributed by atoms with Gasteiger partial charge in [0.25, 0.3) is 0 Å². The lowest BCUT2D eigenvalue weighted by molar-refractivity contribution is 0.0648. The number of benzene rings is 1. The highest BCUT2D eigenvalue weighted by Gasteiger charge is 2.28. The first kappa shape index (κ1) is 12.0. The predicted molar refractivity (Wildman–Crippen MR) is 72.7 cm³/mol. The largest absolute Gasteiger partial charge is 0.493 e. The van der Waals surface area contributed by atoms with E-state index in [0.717, 1.165) is 17.7 Å². The van der Waals surface area contributed by atoms with Gasteiger partial charge in [-0.05, 0) is 24.1 Å². The van der Waals surface area contributed by atoms with Crippen molar-refractivity contribution in [1.82, 2.24) is 4.98 Å². The molecule has 0 saturated carbocycles. The number of para-hydroxylation sites is 1. The van der Waals surface area contributed by atoms with E-state index in [2.05, 4.69) is 4.98 Å². The third-order valence-corrected chi connectivity index (χ3v) is 3.54. The van der Waals surface area contributed by atoms with Crippen molar-refractivity contribution in [3.63, 3.8) is 0 Å². The van der Waals surface area contributed by atoms with Crippen LogP contribution in [0.2, 0.25) is 0 Å². The summed E-state index contributed by atoms with van der Waals surface area (Å²) < 4.78 is 5.70. The second kappa shape index (κ2) is 4.90. The molecule has 0 aliphatic carbocycles. The molecule has 1 aliphatic rings. The van der Waals surface area contributed by atoms with Crippen LogP contribution in [0.4, 0.5) is 5.82 Å². The predicted octanol–water partition coefficient (Wildman–Crippen LogP) is 1.95. The minimum absolute atomic E-state index is 0.00130. The maximum Gasteiger partial charge on any atom is 0.129 e. The van der Waals surface area contributed by atoms with Crippen LogP contribution < -0.4 is 10.5 Å². The van der Waals surface area contributed by atoms with E-state index < -0.39 is 6.10 Å². The average molecular weight is 256 g/mol. The zero-order valence-corrected chi connectivity index (χ0v) is 10.5. The number of aromatic nitrogens is 1. The fraction of sp³-hybridized carbons (Fsp3) is 0.267. The number of ether oxygens (including phenoxy) is 1. The lowest BCUT2D eigenvalue weighted by atomic mass is 9.88. The molecule has 0 saturated heterocycles. The van der Waals surface area contributed by atoms with Crippen molar-refractivity contribution >= 4 is 5.82 Å². The quantitative estimate of drug-likeness (QED) is 0.861. The second-order valence-electron chi connectivity index (χ2n) is 4.81. The van der Waals surface area contributed by atoms with E-state index >= 15 is 0 Å². The summed E-state index contributed by atoms with van der Waals surface area (Å²) in [5.74, 6) is 1.29. The van der Waals surface area contributed by atoms with Crippen LogP contribution in [0.3, 0.4) is 0 Å². The van der Waals surface area contributed by atoms with Gasteiger partial charge >= 0.3 is 0 Å². The zero-order chi connectivity index (χ0) is 13.2. The molecule has 2 atom stereocenters. The topological polar surface area (TPSA) is 68.4 Å². The van der Waals surface area contributed by atoms with E-state index in [-0.39, 0.29) is 5.92 Å². The molecule has 98 valence electrons. The first-order chi connectivity index (χ1) is 9.25. The number of aliphatic hydroxyl groups is 1. The van der Waals surface area contributed by atoms with Gasteiger partial charge in [-0.3, -0.25) is 0 Å². The maximum atomic E-state index is 10.5. The molecule has 1 aromatic heterocycles. The first-order valence-electron chi connectivity index (χ1n) is 6.35. The average Bonchev–Trinajstić information content (AvgIpc) is 2.46. The normalized spacial score (nSPS) is 19.3. The number of rotatable bonds is 2. The van der Waals surface area contributed by atoms with Crippen LogP contribution in [0, 0.1) is 5.92 Å². The van der Waals surface area contributed by atoms with E-state index in [1.165, 1.54) is 0 Å². The van der Waals surface area contributed by atoms with Gasteiger partial charge in [-0.25, -0.2) is 4.98 Å². The number of hydrogen-bond donors (Lipinski definition) is 2. The summed E-state index contributed by atoms with van der Waals surface area (Å²) in [7, 11) is 0. The van der Waals surface area contributed by atoms with E-state index in [1.54, 1.807) is 12.3 Å². The highest BCUT2D eigenvalue weighted by atomic mass is 16.5. The number of pyridine rings is 1. The molecule has 4 heteroatoms. The molecule has 2 aromatic rings. The van der Waals surface area contributed by atoms with Gasteiger partial charge in [0.05, 0.1) is 12.7 Å². The molecule has 2 unspecified atom stereocenters. The van der Waals surface area contributed by atoms with Gasteiger partial charge in [-0.1, -0.05) is 24.3 Å². The van der Waals surface area contributed by atoms with E-state index in [4.69, 9.17) is 10.5 Å². The van der Waals surface area contributed by atoms with Crippen molar-refractivity contribution in [3.05, 3.63) is 53.7 Å². The monoisotopic (exact) mass is 256 g/mol. The van der Waals surface area contributed by atoms with Crippen molar-refractivity contribution in [1.29, 1.82) is 0 Å². The third-order valence-electron chi connectivity index (χ3n) is 3.54. The number of aliphatic hydroxyl groups excluding tert-OH is 1. The second-order valence-corrected chi connectivity index (χ2v) is 4.81. The summed E-state index contributed by atoms with van der Waals surface area (Å²) in [5, 5.41) is 10.5. The Bertz CT molecular complexity index is 586. The lowest BCUT2D eigenvalue weighted by Crippen LogP contribution is -2.27. The number of nitrogen functional groups attached to an aromatic ring is 1. The van der Waals surface area contributed by atoms with Crippen molar-refractivity contribution in [3.8, 4) is 5.75 Å². The van der Waals surface area contributed by atoms with Crippen LogP contribution in [-0.4, -0.2) is 16.7 Å². The van der Waals surface area contributed by atoms with E-state index in [0.29, 0.717) is 18.0 Å². The molecular weight excluding hydrogens is 240 g/mol. The molecule has 0 bridgehead atoms. The van der Waals surface area contributed by atoms with Crippen LogP contribution in [0.15, 0.2) is 42.6 Å². The van der Waals surface area contributed by atoms with Gasteiger partial charge in [-0.2, -0.15) is 0 Å². The Kier molecular flexibility index (Phi) is 3.09. The minimum atomic E-state index is -0.651. The van der Waals surface area contributed by atoms with Gasteiger partial charge in [-0.15, -0.1) is 0 Å². The molecule has 3 N–H and O–H groups in total. The lowest BCUT2D eigenvalue weighted by Gasteiger charge is -2.29. The highest BCUT2D eigenvalue weighted by molar-refractivity contribution is 5.41. The Morgan fingerprint density at radius 1 is 1.26 bits per heavy atom. The number of nitrogens with zero attached hydrogens (tertiary/aromatic N) is 1. The fourth-order valence-corrected chi connectivity index (χ4v) is 2.49. The summed E-state index contributed by atoms with van der Waals surface area (Å²) in [5.41, 5.74) is 7.61. The number of anilines is 1. The number of hydrogen-bond acceptors (Lipinski definition) is 4. The van der Waals surface area contributed by atoms with Crippen molar-refractivity contribution in [2.24, 2.45) is 5.92 Å². The fourth-order valence-electron chi connectivity index (χ4n) is 2.49. The molecular formula is C15H16N2O2. The van der Waals surface area contributed by atoms with Gasteiger partial charge < -0.3 is 15.6 Å². The molecule has 0 amide bonds. The Labute approximate surface area is 111 Å². The van der Waals surface area contributed by atoms with Crippen LogP contribution >= 0.6 is 0 Å². The maximum absolute atomic E-state index is 10.5. The smallest absolute Gasteiger partial charge is 0.129 e.